The van der Waals surface area contributed by atoms with Gasteiger partial charge in [0.05, 0.1) is 28.5 Å². The number of nitrogens with one attached hydrogen (secondary N) is 1. The van der Waals surface area contributed by atoms with E-state index < -0.39 is 11.6 Å². The molecule has 2 aliphatic heterocycles. The van der Waals surface area contributed by atoms with E-state index in [1.807, 2.05) is 30.3 Å². The smallest absolute Gasteiger partial charge is 0.164 e. The fourth-order valence-corrected chi connectivity index (χ4v) is 6.90. The number of nitrogens with zero attached hydrogens (tertiary/aromatic N) is 7. The number of likely N-dealkylation sites (tertiary alicyclic amines) is 1. The number of piperazine rings is 1. The van der Waals surface area contributed by atoms with Gasteiger partial charge in [0.15, 0.2) is 5.65 Å². The Hall–Kier alpha value is -4.70. The second-order valence-electron chi connectivity index (χ2n) is 11.4. The molecule has 0 aliphatic carbocycles. The number of pyridine rings is 1. The molecule has 42 heavy (non-hydrogen) atoms. The highest BCUT2D eigenvalue weighted by molar-refractivity contribution is 6.02. The molecule has 8 nitrogen and oxygen atoms in total. The van der Waals surface area contributed by atoms with E-state index in [4.69, 9.17) is 5.10 Å². The van der Waals surface area contributed by atoms with E-state index in [-0.39, 0.29) is 17.3 Å². The first-order chi connectivity index (χ1) is 20.5. The van der Waals surface area contributed by atoms with Gasteiger partial charge in [-0.25, -0.2) is 18.3 Å². The maximum absolute atomic E-state index is 16.0. The van der Waals surface area contributed by atoms with Gasteiger partial charge in [-0.15, -0.1) is 0 Å². The third-order valence-electron chi connectivity index (χ3n) is 8.79. The zero-order chi connectivity index (χ0) is 28.5. The van der Waals surface area contributed by atoms with Gasteiger partial charge in [-0.1, -0.05) is 12.1 Å². The van der Waals surface area contributed by atoms with Gasteiger partial charge in [0.2, 0.25) is 0 Å². The van der Waals surface area contributed by atoms with E-state index in [1.54, 1.807) is 35.4 Å². The van der Waals surface area contributed by atoms with Gasteiger partial charge in [-0.05, 0) is 62.2 Å². The standard InChI is InChI=1S/C32H28F2N8/c1-18(2)40-16-22-12-21(40)17-41(22)20-13-25(33)30(26(34)14-20)28-8-11-36-32-29(23-4-3-5-27-24(23)15-37-38-27)31(39-42(28)32)19-6-9-35-10-7-19/h3-11,13-15,18,21-22H,12,16-17H2,1-2H3,(H,37,38)/t21-,22+/m1/s1. The van der Waals surface area contributed by atoms with Crippen molar-refractivity contribution in [3.05, 3.63) is 85.0 Å². The number of aromatic nitrogens is 6. The van der Waals surface area contributed by atoms with Crippen molar-refractivity contribution in [2.45, 2.75) is 38.4 Å². The van der Waals surface area contributed by atoms with Crippen LogP contribution < -0.4 is 4.90 Å². The minimum absolute atomic E-state index is 0.129. The molecule has 8 rings (SSSR count). The fourth-order valence-electron chi connectivity index (χ4n) is 6.90. The maximum atomic E-state index is 16.0. The van der Waals surface area contributed by atoms with Crippen molar-refractivity contribution in [2.75, 3.05) is 18.0 Å². The molecule has 0 amide bonds. The summed E-state index contributed by atoms with van der Waals surface area (Å²) in [4.78, 5) is 13.5. The van der Waals surface area contributed by atoms with E-state index in [1.165, 1.54) is 12.1 Å². The lowest BCUT2D eigenvalue weighted by Crippen LogP contribution is -2.49. The van der Waals surface area contributed by atoms with Crippen LogP contribution in [-0.2, 0) is 0 Å². The van der Waals surface area contributed by atoms with E-state index in [0.717, 1.165) is 47.1 Å². The quantitative estimate of drug-likeness (QED) is 0.280. The van der Waals surface area contributed by atoms with Crippen LogP contribution in [0.15, 0.2) is 73.3 Å². The highest BCUT2D eigenvalue weighted by Gasteiger charge is 2.44. The van der Waals surface area contributed by atoms with Crippen LogP contribution >= 0.6 is 0 Å². The Morgan fingerprint density at radius 2 is 1.74 bits per heavy atom. The van der Waals surface area contributed by atoms with Gasteiger partial charge in [0, 0.05) is 66.4 Å². The maximum Gasteiger partial charge on any atom is 0.164 e. The molecule has 6 aromatic rings. The number of anilines is 1. The van der Waals surface area contributed by atoms with Crippen molar-refractivity contribution < 1.29 is 8.78 Å². The molecular formula is C32H28F2N8. The molecule has 0 unspecified atom stereocenters. The lowest BCUT2D eigenvalue weighted by Gasteiger charge is -2.37. The number of H-pyrrole nitrogens is 1. The minimum Gasteiger partial charge on any atom is -0.365 e. The number of benzene rings is 2. The zero-order valence-electron chi connectivity index (χ0n) is 23.2. The van der Waals surface area contributed by atoms with Crippen LogP contribution in [0.4, 0.5) is 14.5 Å². The molecule has 2 aliphatic rings. The molecule has 2 saturated heterocycles. The summed E-state index contributed by atoms with van der Waals surface area (Å²) < 4.78 is 33.5. The largest absolute Gasteiger partial charge is 0.365 e. The molecule has 10 heteroatoms. The monoisotopic (exact) mass is 562 g/mol. The normalized spacial score (nSPS) is 18.7. The lowest BCUT2D eigenvalue weighted by atomic mass is 9.99. The van der Waals surface area contributed by atoms with E-state index in [9.17, 15) is 0 Å². The number of aromatic amines is 1. The summed E-state index contributed by atoms with van der Waals surface area (Å²) in [5, 5.41) is 13.0. The minimum atomic E-state index is -0.625. The van der Waals surface area contributed by atoms with Crippen molar-refractivity contribution in [2.24, 2.45) is 0 Å². The topological polar surface area (TPSA) is 78.2 Å². The molecule has 4 aromatic heterocycles. The Morgan fingerprint density at radius 3 is 2.48 bits per heavy atom. The summed E-state index contributed by atoms with van der Waals surface area (Å²) in [6, 6.07) is 15.3. The summed E-state index contributed by atoms with van der Waals surface area (Å²) in [5.41, 5.74) is 5.15. The molecule has 6 heterocycles. The Kier molecular flexibility index (Phi) is 5.62. The number of rotatable bonds is 5. The van der Waals surface area contributed by atoms with Gasteiger partial charge in [-0.3, -0.25) is 15.0 Å². The first-order valence-corrected chi connectivity index (χ1v) is 14.2. The molecule has 0 saturated carbocycles. The third-order valence-corrected chi connectivity index (χ3v) is 8.79. The molecule has 210 valence electrons. The van der Waals surface area contributed by atoms with E-state index in [0.29, 0.717) is 29.1 Å². The number of halogens is 2. The number of hydrogen-bond acceptors (Lipinski definition) is 6. The summed E-state index contributed by atoms with van der Waals surface area (Å²) in [5.74, 6) is -1.25. The van der Waals surface area contributed by atoms with E-state index in [2.05, 4.69) is 43.8 Å². The molecule has 2 atom stereocenters. The van der Waals surface area contributed by atoms with Crippen LogP contribution in [0.2, 0.25) is 0 Å². The van der Waals surface area contributed by atoms with Crippen molar-refractivity contribution in [3.63, 3.8) is 0 Å². The predicted octanol–water partition coefficient (Wildman–Crippen LogP) is 5.95. The highest BCUT2D eigenvalue weighted by atomic mass is 19.1. The Balaban J connectivity index is 1.28. The predicted molar refractivity (Wildman–Crippen MR) is 158 cm³/mol. The molecule has 2 aromatic carbocycles. The van der Waals surface area contributed by atoms with Gasteiger partial charge in [-0.2, -0.15) is 10.2 Å². The average molecular weight is 563 g/mol. The van der Waals surface area contributed by atoms with Crippen LogP contribution in [0.3, 0.4) is 0 Å². The molecule has 0 spiro atoms. The Morgan fingerprint density at radius 1 is 0.929 bits per heavy atom. The van der Waals surface area contributed by atoms with Crippen LogP contribution in [0.1, 0.15) is 20.3 Å². The Labute approximate surface area is 240 Å². The Bertz CT molecular complexity index is 1940. The van der Waals surface area contributed by atoms with Gasteiger partial charge < -0.3 is 4.90 Å². The highest BCUT2D eigenvalue weighted by Crippen LogP contribution is 2.41. The van der Waals surface area contributed by atoms with Crippen molar-refractivity contribution in [1.29, 1.82) is 0 Å². The van der Waals surface area contributed by atoms with Crippen LogP contribution in [0.25, 0.3) is 50.2 Å². The van der Waals surface area contributed by atoms with Gasteiger partial charge in [0.25, 0.3) is 0 Å². The molecule has 0 radical (unpaired) electrons. The second-order valence-corrected chi connectivity index (χ2v) is 11.4. The summed E-state index contributed by atoms with van der Waals surface area (Å²) in [6.07, 6.45) is 7.75. The second kappa shape index (κ2) is 9.42. The first-order valence-electron chi connectivity index (χ1n) is 14.2. The summed E-state index contributed by atoms with van der Waals surface area (Å²) in [6.45, 7) is 6.09. The summed E-state index contributed by atoms with van der Waals surface area (Å²) >= 11 is 0. The van der Waals surface area contributed by atoms with Crippen molar-refractivity contribution in [3.8, 4) is 33.6 Å². The van der Waals surface area contributed by atoms with Crippen molar-refractivity contribution in [1.82, 2.24) is 34.7 Å². The van der Waals surface area contributed by atoms with Crippen LogP contribution in [0.5, 0.6) is 0 Å². The number of hydrogen-bond donors (Lipinski definition) is 1. The first kappa shape index (κ1) is 25.0. The molecule has 2 bridgehead atoms. The van der Waals surface area contributed by atoms with Crippen LogP contribution in [0, 0.1) is 11.6 Å². The van der Waals surface area contributed by atoms with Gasteiger partial charge in [0.1, 0.15) is 17.3 Å². The molecule has 1 N–H and O–H groups in total. The number of fused-ring (bicyclic) bond motifs is 4. The zero-order valence-corrected chi connectivity index (χ0v) is 23.2. The van der Waals surface area contributed by atoms with E-state index >= 15 is 8.78 Å². The van der Waals surface area contributed by atoms with Crippen molar-refractivity contribution >= 4 is 22.2 Å². The molecular weight excluding hydrogens is 534 g/mol. The molecule has 2 fully saturated rings. The average Bonchev–Trinajstić information content (AvgIpc) is 3.79. The van der Waals surface area contributed by atoms with Crippen LogP contribution in [-0.4, -0.2) is 65.9 Å². The fraction of sp³-hybridized carbons (Fsp3) is 0.250. The van der Waals surface area contributed by atoms with Gasteiger partial charge >= 0.3 is 0 Å². The summed E-state index contributed by atoms with van der Waals surface area (Å²) in [7, 11) is 0. The third kappa shape index (κ3) is 3.75. The lowest BCUT2D eigenvalue weighted by molar-refractivity contribution is 0.191. The SMILES string of the molecule is CC(C)N1C[C@@H]2C[C@@H]1CN2c1cc(F)c(-c2ccnc3c(-c4cccc5[nH]ncc45)c(-c4ccncc4)nn23)c(F)c1.